The highest BCUT2D eigenvalue weighted by atomic mass is 16.5. The van der Waals surface area contributed by atoms with Crippen LogP contribution >= 0.6 is 0 Å². The molecule has 1 rings (SSSR count). The number of ether oxygens (including phenoxy) is 1. The van der Waals surface area contributed by atoms with Crippen molar-refractivity contribution >= 4 is 0 Å². The van der Waals surface area contributed by atoms with Gasteiger partial charge in [0.15, 0.2) is 0 Å². The smallest absolute Gasteiger partial charge is 0.0604 e. The second-order valence-corrected chi connectivity index (χ2v) is 4.37. The molecule has 0 aliphatic carbocycles. The molecule has 0 radical (unpaired) electrons. The summed E-state index contributed by atoms with van der Waals surface area (Å²) in [4.78, 5) is 0. The van der Waals surface area contributed by atoms with Crippen molar-refractivity contribution < 1.29 is 4.74 Å². The van der Waals surface area contributed by atoms with Crippen LogP contribution in [0.25, 0.3) is 0 Å². The Morgan fingerprint density at radius 1 is 0.917 bits per heavy atom. The maximum Gasteiger partial charge on any atom is 0.0604 e. The summed E-state index contributed by atoms with van der Waals surface area (Å²) in [6.07, 6.45) is 2.09. The van der Waals surface area contributed by atoms with Crippen LogP contribution in [-0.4, -0.2) is 12.2 Å². The first kappa shape index (κ1) is 10.0. The summed E-state index contributed by atoms with van der Waals surface area (Å²) >= 11 is 0. The lowest BCUT2D eigenvalue weighted by Gasteiger charge is -2.42. The minimum Gasteiger partial charge on any atom is -0.375 e. The first-order valence-corrected chi connectivity index (χ1v) is 5.23. The van der Waals surface area contributed by atoms with Gasteiger partial charge in [0.25, 0.3) is 0 Å². The molecule has 1 aliphatic rings. The third-order valence-corrected chi connectivity index (χ3v) is 3.78. The van der Waals surface area contributed by atoms with Crippen LogP contribution in [0, 0.1) is 17.8 Å². The van der Waals surface area contributed by atoms with Gasteiger partial charge in [-0.05, 0) is 31.1 Å². The second kappa shape index (κ2) is 3.78. The maximum absolute atomic E-state index is 5.93. The van der Waals surface area contributed by atoms with Gasteiger partial charge in [-0.15, -0.1) is 0 Å². The molecular formula is C11H22O. The van der Waals surface area contributed by atoms with E-state index in [9.17, 15) is 0 Å². The lowest BCUT2D eigenvalue weighted by molar-refractivity contribution is -0.125. The van der Waals surface area contributed by atoms with E-state index in [1.807, 2.05) is 0 Å². The Bertz CT molecular complexity index is 139. The summed E-state index contributed by atoms with van der Waals surface area (Å²) in [6, 6.07) is 0. The first-order valence-electron chi connectivity index (χ1n) is 5.23. The number of hydrogen-bond donors (Lipinski definition) is 0. The summed E-state index contributed by atoms with van der Waals surface area (Å²) in [5.41, 5.74) is 0. The molecule has 0 spiro atoms. The zero-order valence-electron chi connectivity index (χ0n) is 9.00. The Morgan fingerprint density at radius 3 is 2.00 bits per heavy atom. The van der Waals surface area contributed by atoms with Crippen molar-refractivity contribution in [2.45, 2.75) is 53.2 Å². The average Bonchev–Trinajstić information content (AvgIpc) is 2.08. The van der Waals surface area contributed by atoms with Crippen LogP contribution in [0.1, 0.15) is 41.0 Å². The highest BCUT2D eigenvalue weighted by molar-refractivity contribution is 4.83. The molecule has 5 atom stereocenters. The molecule has 1 heteroatoms. The zero-order chi connectivity index (χ0) is 9.30. The predicted octanol–water partition coefficient (Wildman–Crippen LogP) is 3.09. The minimum atomic E-state index is 0.446. The summed E-state index contributed by atoms with van der Waals surface area (Å²) < 4.78 is 5.93. The molecule has 0 amide bonds. The SMILES string of the molecule is CCC1O[C@@H](C)C(C)C(C)[C@@H]1C. The van der Waals surface area contributed by atoms with Crippen molar-refractivity contribution in [2.75, 3.05) is 0 Å². The van der Waals surface area contributed by atoms with Crippen molar-refractivity contribution in [3.8, 4) is 0 Å². The molecule has 0 bridgehead atoms. The van der Waals surface area contributed by atoms with E-state index in [-0.39, 0.29) is 0 Å². The van der Waals surface area contributed by atoms with E-state index in [1.54, 1.807) is 0 Å². The van der Waals surface area contributed by atoms with Crippen LogP contribution in [0.5, 0.6) is 0 Å². The monoisotopic (exact) mass is 170 g/mol. The molecule has 0 aromatic heterocycles. The average molecular weight is 170 g/mol. The fourth-order valence-electron chi connectivity index (χ4n) is 2.24. The third-order valence-electron chi connectivity index (χ3n) is 3.78. The summed E-state index contributed by atoms with van der Waals surface area (Å²) in [7, 11) is 0. The highest BCUT2D eigenvalue weighted by Crippen LogP contribution is 2.35. The van der Waals surface area contributed by atoms with Gasteiger partial charge in [-0.2, -0.15) is 0 Å². The van der Waals surface area contributed by atoms with Crippen molar-refractivity contribution in [2.24, 2.45) is 17.8 Å². The van der Waals surface area contributed by atoms with E-state index in [1.165, 1.54) is 0 Å². The number of rotatable bonds is 1. The van der Waals surface area contributed by atoms with Crippen LogP contribution in [-0.2, 0) is 4.74 Å². The molecule has 0 aromatic rings. The predicted molar refractivity (Wildman–Crippen MR) is 52.1 cm³/mol. The van der Waals surface area contributed by atoms with E-state index in [2.05, 4.69) is 34.6 Å². The minimum absolute atomic E-state index is 0.446. The first-order chi connectivity index (χ1) is 5.57. The van der Waals surface area contributed by atoms with Gasteiger partial charge in [0, 0.05) is 0 Å². The fraction of sp³-hybridized carbons (Fsp3) is 1.00. The summed E-state index contributed by atoms with van der Waals surface area (Å²) in [6.45, 7) is 11.4. The normalized spacial score (nSPS) is 49.2. The molecule has 1 saturated heterocycles. The molecule has 0 N–H and O–H groups in total. The van der Waals surface area contributed by atoms with Crippen LogP contribution in [0.2, 0.25) is 0 Å². The fourth-order valence-corrected chi connectivity index (χ4v) is 2.24. The Kier molecular flexibility index (Phi) is 3.16. The standard InChI is InChI=1S/C11H22O/c1-6-11-9(4)7(2)8(3)10(5)12-11/h7-11H,6H2,1-5H3/t7?,8?,9-,10-,11?/m0/s1. The topological polar surface area (TPSA) is 9.23 Å². The van der Waals surface area contributed by atoms with Gasteiger partial charge >= 0.3 is 0 Å². The molecule has 3 unspecified atom stereocenters. The molecule has 12 heavy (non-hydrogen) atoms. The Balaban J connectivity index is 2.63. The van der Waals surface area contributed by atoms with E-state index >= 15 is 0 Å². The van der Waals surface area contributed by atoms with E-state index < -0.39 is 0 Å². The molecule has 1 aliphatic heterocycles. The van der Waals surface area contributed by atoms with Gasteiger partial charge in [0.1, 0.15) is 0 Å². The van der Waals surface area contributed by atoms with Gasteiger partial charge in [-0.25, -0.2) is 0 Å². The van der Waals surface area contributed by atoms with Gasteiger partial charge < -0.3 is 4.74 Å². The Labute approximate surface area is 76.5 Å². The van der Waals surface area contributed by atoms with Gasteiger partial charge in [0.05, 0.1) is 12.2 Å². The van der Waals surface area contributed by atoms with Gasteiger partial charge in [0.2, 0.25) is 0 Å². The van der Waals surface area contributed by atoms with E-state index in [0.29, 0.717) is 18.1 Å². The van der Waals surface area contributed by atoms with Crippen LogP contribution in [0.15, 0.2) is 0 Å². The second-order valence-electron chi connectivity index (χ2n) is 4.37. The van der Waals surface area contributed by atoms with Crippen molar-refractivity contribution in [1.29, 1.82) is 0 Å². The Morgan fingerprint density at radius 2 is 1.50 bits per heavy atom. The van der Waals surface area contributed by atoms with Crippen LogP contribution in [0.4, 0.5) is 0 Å². The Hall–Kier alpha value is -0.0400. The maximum atomic E-state index is 5.93. The summed E-state index contributed by atoms with van der Waals surface area (Å²) in [5.74, 6) is 2.24. The van der Waals surface area contributed by atoms with E-state index in [4.69, 9.17) is 4.74 Å². The molecule has 1 heterocycles. The quantitative estimate of drug-likeness (QED) is 0.587. The van der Waals surface area contributed by atoms with Gasteiger partial charge in [-0.3, -0.25) is 0 Å². The molecule has 72 valence electrons. The molecule has 0 saturated carbocycles. The van der Waals surface area contributed by atoms with Gasteiger partial charge in [-0.1, -0.05) is 27.7 Å². The molecule has 1 nitrogen and oxygen atoms in total. The van der Waals surface area contributed by atoms with Crippen molar-refractivity contribution in [3.05, 3.63) is 0 Å². The zero-order valence-corrected chi connectivity index (χ0v) is 9.00. The van der Waals surface area contributed by atoms with Crippen LogP contribution < -0.4 is 0 Å². The third kappa shape index (κ3) is 1.66. The lowest BCUT2D eigenvalue weighted by atomic mass is 9.76. The number of hydrogen-bond acceptors (Lipinski definition) is 1. The summed E-state index contributed by atoms with van der Waals surface area (Å²) in [5, 5.41) is 0. The largest absolute Gasteiger partial charge is 0.375 e. The lowest BCUT2D eigenvalue weighted by Crippen LogP contribution is -2.42. The molecule has 1 fully saturated rings. The van der Waals surface area contributed by atoms with E-state index in [0.717, 1.165) is 18.3 Å². The highest BCUT2D eigenvalue weighted by Gasteiger charge is 2.35. The molecular weight excluding hydrogens is 148 g/mol. The van der Waals surface area contributed by atoms with Crippen molar-refractivity contribution in [3.63, 3.8) is 0 Å². The van der Waals surface area contributed by atoms with Crippen LogP contribution in [0.3, 0.4) is 0 Å². The van der Waals surface area contributed by atoms with Crippen molar-refractivity contribution in [1.82, 2.24) is 0 Å². The molecule has 0 aromatic carbocycles.